The zero-order valence-corrected chi connectivity index (χ0v) is 28.7. The van der Waals surface area contributed by atoms with Crippen molar-refractivity contribution in [3.05, 3.63) is 168 Å². The Hall–Kier alpha value is -6.66. The van der Waals surface area contributed by atoms with Gasteiger partial charge in [0.05, 0.1) is 25.3 Å². The minimum Gasteiger partial charge on any atom is -0.488 e. The van der Waals surface area contributed by atoms with Gasteiger partial charge in [-0.2, -0.15) is 0 Å². The molecule has 0 aromatic heterocycles. The minimum atomic E-state index is -0.423. The Morgan fingerprint density at radius 2 is 0.769 bits per heavy atom. The molecule has 8 rings (SSSR count). The van der Waals surface area contributed by atoms with Crippen LogP contribution in [0.2, 0.25) is 0 Å². The highest BCUT2D eigenvalue weighted by atomic mass is 16.5. The van der Waals surface area contributed by atoms with Crippen LogP contribution in [0, 0.1) is 0 Å². The fourth-order valence-electron chi connectivity index (χ4n) is 6.98. The fourth-order valence-corrected chi connectivity index (χ4v) is 6.98. The van der Waals surface area contributed by atoms with Crippen LogP contribution in [0.15, 0.2) is 146 Å². The molecule has 0 radical (unpaired) electrons. The quantitative estimate of drug-likeness (QED) is 0.141. The molecule has 8 aromatic rings. The van der Waals surface area contributed by atoms with Crippen LogP contribution in [-0.2, 0) is 22.7 Å². The summed E-state index contributed by atoms with van der Waals surface area (Å²) in [4.78, 5) is 25.9. The van der Waals surface area contributed by atoms with Crippen LogP contribution in [0.25, 0.3) is 54.2 Å². The standard InChI is InChI=1S/C46H34O6/c1-49-45(47)39-25-33-15-5-3-13-31(33)23-35(39)27-51-41-21-19-29-11-7-9-17-37(29)43(41)44-38-18-10-8-12-30(38)20-22-42(44)52-28-36-24-32-14-4-6-16-34(32)26-40(36)46(48)50-2/h3-26H,27-28H2,1-2H3. The Kier molecular flexibility index (Phi) is 8.71. The molecule has 254 valence electrons. The number of fused-ring (bicyclic) bond motifs is 4. The van der Waals surface area contributed by atoms with Crippen molar-refractivity contribution >= 4 is 55.0 Å². The summed E-state index contributed by atoms with van der Waals surface area (Å²) in [7, 11) is 2.77. The molecule has 8 aromatic carbocycles. The number of benzene rings is 8. The maximum atomic E-state index is 13.0. The number of rotatable bonds is 9. The first kappa shape index (κ1) is 32.5. The van der Waals surface area contributed by atoms with Crippen molar-refractivity contribution in [2.45, 2.75) is 13.2 Å². The first-order valence-corrected chi connectivity index (χ1v) is 17.0. The predicted octanol–water partition coefficient (Wildman–Crippen LogP) is 10.7. The van der Waals surface area contributed by atoms with Crippen LogP contribution in [-0.4, -0.2) is 26.2 Å². The number of ether oxygens (including phenoxy) is 4. The Labute approximate surface area is 300 Å². The van der Waals surface area contributed by atoms with Gasteiger partial charge in [-0.05, 0) is 79.5 Å². The summed E-state index contributed by atoms with van der Waals surface area (Å²) in [6.45, 7) is 0.252. The second kappa shape index (κ2) is 13.9. The van der Waals surface area contributed by atoms with Crippen molar-refractivity contribution in [2.24, 2.45) is 0 Å². The van der Waals surface area contributed by atoms with Crippen molar-refractivity contribution in [1.29, 1.82) is 0 Å². The van der Waals surface area contributed by atoms with E-state index in [0.717, 1.165) is 54.2 Å². The van der Waals surface area contributed by atoms with E-state index < -0.39 is 11.9 Å². The highest BCUT2D eigenvalue weighted by Gasteiger charge is 2.22. The topological polar surface area (TPSA) is 71.1 Å². The van der Waals surface area contributed by atoms with E-state index in [1.54, 1.807) is 0 Å². The van der Waals surface area contributed by atoms with Gasteiger partial charge in [0, 0.05) is 22.3 Å². The van der Waals surface area contributed by atoms with Crippen LogP contribution in [0.4, 0.5) is 0 Å². The van der Waals surface area contributed by atoms with E-state index in [-0.39, 0.29) is 13.2 Å². The van der Waals surface area contributed by atoms with Crippen LogP contribution in [0.3, 0.4) is 0 Å². The number of hydrogen-bond donors (Lipinski definition) is 0. The molecule has 0 aliphatic carbocycles. The van der Waals surface area contributed by atoms with Crippen LogP contribution >= 0.6 is 0 Å². The molecular weight excluding hydrogens is 649 g/mol. The number of methoxy groups -OCH3 is 2. The zero-order chi connectivity index (χ0) is 35.6. The van der Waals surface area contributed by atoms with Gasteiger partial charge in [0.25, 0.3) is 0 Å². The predicted molar refractivity (Wildman–Crippen MR) is 206 cm³/mol. The molecule has 0 spiro atoms. The second-order valence-electron chi connectivity index (χ2n) is 12.6. The van der Waals surface area contributed by atoms with E-state index in [2.05, 4.69) is 24.3 Å². The smallest absolute Gasteiger partial charge is 0.338 e. The van der Waals surface area contributed by atoms with Crippen LogP contribution < -0.4 is 9.47 Å². The number of carbonyl (C=O) groups excluding carboxylic acids is 2. The molecule has 0 N–H and O–H groups in total. The summed E-state index contributed by atoms with van der Waals surface area (Å²) < 4.78 is 23.8. The molecule has 0 bridgehead atoms. The van der Waals surface area contributed by atoms with Gasteiger partial charge >= 0.3 is 11.9 Å². The van der Waals surface area contributed by atoms with E-state index in [1.165, 1.54) is 14.2 Å². The summed E-state index contributed by atoms with van der Waals surface area (Å²) in [5, 5.41) is 7.91. The molecule has 6 heteroatoms. The third-order valence-corrected chi connectivity index (χ3v) is 9.55. The molecule has 0 atom stereocenters. The van der Waals surface area contributed by atoms with E-state index >= 15 is 0 Å². The average Bonchev–Trinajstić information content (AvgIpc) is 3.20. The average molecular weight is 683 g/mol. The lowest BCUT2D eigenvalue weighted by Gasteiger charge is -2.21. The van der Waals surface area contributed by atoms with Gasteiger partial charge in [-0.25, -0.2) is 9.59 Å². The molecule has 0 aliphatic heterocycles. The lowest BCUT2D eigenvalue weighted by atomic mass is 9.92. The number of hydrogen-bond acceptors (Lipinski definition) is 6. The van der Waals surface area contributed by atoms with Gasteiger partial charge < -0.3 is 18.9 Å². The van der Waals surface area contributed by atoms with Gasteiger partial charge in [0.1, 0.15) is 24.7 Å². The molecule has 0 unspecified atom stereocenters. The second-order valence-corrected chi connectivity index (χ2v) is 12.6. The van der Waals surface area contributed by atoms with Crippen molar-refractivity contribution in [3.8, 4) is 22.6 Å². The van der Waals surface area contributed by atoms with E-state index in [9.17, 15) is 9.59 Å². The highest BCUT2D eigenvalue weighted by Crippen LogP contribution is 2.46. The monoisotopic (exact) mass is 682 g/mol. The van der Waals surface area contributed by atoms with Crippen molar-refractivity contribution in [1.82, 2.24) is 0 Å². The van der Waals surface area contributed by atoms with Crippen molar-refractivity contribution in [2.75, 3.05) is 14.2 Å². The minimum absolute atomic E-state index is 0.126. The molecule has 0 fully saturated rings. The Bertz CT molecular complexity index is 2470. The molecular formula is C46H34O6. The van der Waals surface area contributed by atoms with Crippen molar-refractivity contribution in [3.63, 3.8) is 0 Å². The molecule has 0 heterocycles. The van der Waals surface area contributed by atoms with Crippen LogP contribution in [0.5, 0.6) is 11.5 Å². The lowest BCUT2D eigenvalue weighted by molar-refractivity contribution is 0.0589. The summed E-state index contributed by atoms with van der Waals surface area (Å²) >= 11 is 0. The van der Waals surface area contributed by atoms with E-state index in [1.807, 2.05) is 121 Å². The molecule has 0 aliphatic rings. The Morgan fingerprint density at radius 1 is 0.423 bits per heavy atom. The van der Waals surface area contributed by atoms with Gasteiger partial charge in [0.15, 0.2) is 0 Å². The zero-order valence-electron chi connectivity index (χ0n) is 28.7. The summed E-state index contributed by atoms with van der Waals surface area (Å²) in [5.41, 5.74) is 4.05. The maximum absolute atomic E-state index is 13.0. The molecule has 0 amide bonds. The van der Waals surface area contributed by atoms with Gasteiger partial charge in [-0.15, -0.1) is 0 Å². The summed E-state index contributed by atoms with van der Waals surface area (Å²) in [6.07, 6.45) is 0. The summed E-state index contributed by atoms with van der Waals surface area (Å²) in [5.74, 6) is 0.412. The summed E-state index contributed by atoms with van der Waals surface area (Å²) in [6, 6.07) is 47.9. The molecule has 52 heavy (non-hydrogen) atoms. The Balaban J connectivity index is 1.27. The van der Waals surface area contributed by atoms with E-state index in [0.29, 0.717) is 33.8 Å². The van der Waals surface area contributed by atoms with E-state index in [4.69, 9.17) is 18.9 Å². The molecule has 0 saturated carbocycles. The number of esters is 2. The highest BCUT2D eigenvalue weighted by molar-refractivity contribution is 6.10. The first-order valence-electron chi connectivity index (χ1n) is 17.0. The third kappa shape index (κ3) is 6.05. The Morgan fingerprint density at radius 3 is 1.15 bits per heavy atom. The SMILES string of the molecule is COC(=O)c1cc2ccccc2cc1COc1ccc2ccccc2c1-c1c(OCc2cc3ccccc3cc2C(=O)OC)ccc2ccccc12. The molecule has 0 saturated heterocycles. The maximum Gasteiger partial charge on any atom is 0.338 e. The van der Waals surface area contributed by atoms with Gasteiger partial charge in [0.2, 0.25) is 0 Å². The van der Waals surface area contributed by atoms with Crippen LogP contribution in [0.1, 0.15) is 31.8 Å². The lowest BCUT2D eigenvalue weighted by Crippen LogP contribution is -2.09. The van der Waals surface area contributed by atoms with Gasteiger partial charge in [-0.3, -0.25) is 0 Å². The van der Waals surface area contributed by atoms with Crippen molar-refractivity contribution < 1.29 is 28.5 Å². The number of carbonyl (C=O) groups is 2. The largest absolute Gasteiger partial charge is 0.488 e. The first-order chi connectivity index (χ1) is 25.5. The fraction of sp³-hybridized carbons (Fsp3) is 0.0870. The third-order valence-electron chi connectivity index (χ3n) is 9.55. The molecule has 6 nitrogen and oxygen atoms in total. The normalized spacial score (nSPS) is 11.2. The van der Waals surface area contributed by atoms with Gasteiger partial charge in [-0.1, -0.05) is 109 Å².